The topological polar surface area (TPSA) is 96.2 Å². The summed E-state index contributed by atoms with van der Waals surface area (Å²) in [6.45, 7) is 4.96. The largest absolute Gasteiger partial charge is 0.445 e. The van der Waals surface area contributed by atoms with Gasteiger partial charge in [0.1, 0.15) is 6.61 Å². The number of nitrogens with zero attached hydrogens (tertiary/aromatic N) is 4. The standard InChI is InChI=1S/C18H24N4O5S/c1-2-19-7-8-20(17(19)23)10-15-9-16(28)11-21(15)18(24)27-12-13-3-5-14(6-4-13)22(25)26/h3-6,15-16,28H,2,7-12H2,1H3/t15-,16-/m0/s1. The van der Waals surface area contributed by atoms with Crippen LogP contribution in [0.4, 0.5) is 15.3 Å². The normalized spacial score (nSPS) is 22.1. The van der Waals surface area contributed by atoms with Crippen molar-refractivity contribution < 1.29 is 19.2 Å². The molecule has 0 unspecified atom stereocenters. The van der Waals surface area contributed by atoms with Crippen molar-refractivity contribution >= 4 is 30.4 Å². The lowest BCUT2D eigenvalue weighted by Crippen LogP contribution is -2.44. The SMILES string of the molecule is CCN1CCN(C[C@@H]2C[C@H](S)CN2C(=O)OCc2ccc([N+](=O)[O-])cc2)C1=O. The maximum absolute atomic E-state index is 12.6. The van der Waals surface area contributed by atoms with Crippen molar-refractivity contribution in [2.45, 2.75) is 31.2 Å². The summed E-state index contributed by atoms with van der Waals surface area (Å²) >= 11 is 4.50. The number of non-ortho nitro benzene ring substituents is 1. The predicted octanol–water partition coefficient (Wildman–Crippen LogP) is 2.36. The van der Waals surface area contributed by atoms with Gasteiger partial charge in [-0.05, 0) is 31.0 Å². The molecule has 0 saturated carbocycles. The lowest BCUT2D eigenvalue weighted by atomic mass is 10.2. The van der Waals surface area contributed by atoms with Gasteiger partial charge in [0.05, 0.1) is 11.0 Å². The molecule has 3 amide bonds. The zero-order valence-electron chi connectivity index (χ0n) is 15.7. The Morgan fingerprint density at radius 1 is 1.29 bits per heavy atom. The zero-order valence-corrected chi connectivity index (χ0v) is 16.6. The Hall–Kier alpha value is -2.49. The first kappa shape index (κ1) is 20.2. The van der Waals surface area contributed by atoms with Crippen LogP contribution in [0.5, 0.6) is 0 Å². The van der Waals surface area contributed by atoms with Crippen molar-refractivity contribution in [1.82, 2.24) is 14.7 Å². The molecule has 2 fully saturated rings. The minimum atomic E-state index is -0.475. The summed E-state index contributed by atoms with van der Waals surface area (Å²) in [4.78, 5) is 40.3. The van der Waals surface area contributed by atoms with E-state index < -0.39 is 11.0 Å². The van der Waals surface area contributed by atoms with Gasteiger partial charge in [-0.25, -0.2) is 9.59 Å². The number of rotatable bonds is 6. The third-order valence-corrected chi connectivity index (χ3v) is 5.50. The Morgan fingerprint density at radius 3 is 2.57 bits per heavy atom. The van der Waals surface area contributed by atoms with Gasteiger partial charge in [-0.15, -0.1) is 0 Å². The Balaban J connectivity index is 1.56. The minimum Gasteiger partial charge on any atom is -0.445 e. The van der Waals surface area contributed by atoms with Gasteiger partial charge < -0.3 is 19.4 Å². The average molecular weight is 408 g/mol. The Morgan fingerprint density at radius 2 is 1.96 bits per heavy atom. The van der Waals surface area contributed by atoms with E-state index in [4.69, 9.17) is 4.74 Å². The second-order valence-electron chi connectivity index (χ2n) is 6.98. The third kappa shape index (κ3) is 4.49. The average Bonchev–Trinajstić information content (AvgIpc) is 3.22. The van der Waals surface area contributed by atoms with Crippen LogP contribution in [0.25, 0.3) is 0 Å². The van der Waals surface area contributed by atoms with Crippen molar-refractivity contribution in [3.05, 3.63) is 39.9 Å². The van der Waals surface area contributed by atoms with Crippen LogP contribution in [0, 0.1) is 10.1 Å². The number of amides is 3. The van der Waals surface area contributed by atoms with Crippen LogP contribution in [-0.4, -0.2) is 75.8 Å². The first-order valence-corrected chi connectivity index (χ1v) is 9.79. The highest BCUT2D eigenvalue weighted by atomic mass is 32.1. The first-order valence-electron chi connectivity index (χ1n) is 9.27. The van der Waals surface area contributed by atoms with E-state index in [2.05, 4.69) is 12.6 Å². The molecule has 2 aliphatic heterocycles. The minimum absolute atomic E-state index is 0.00399. The number of ether oxygens (including phenoxy) is 1. The number of hydrogen-bond donors (Lipinski definition) is 1. The molecule has 28 heavy (non-hydrogen) atoms. The van der Waals surface area contributed by atoms with Crippen molar-refractivity contribution in [3.63, 3.8) is 0 Å². The number of urea groups is 1. The summed E-state index contributed by atoms with van der Waals surface area (Å²) in [5, 5.41) is 10.7. The molecule has 0 spiro atoms. The lowest BCUT2D eigenvalue weighted by molar-refractivity contribution is -0.384. The smallest absolute Gasteiger partial charge is 0.410 e. The number of nitro groups is 1. The summed E-state index contributed by atoms with van der Waals surface area (Å²) < 4.78 is 5.39. The summed E-state index contributed by atoms with van der Waals surface area (Å²) in [6, 6.07) is 5.76. The molecular formula is C18H24N4O5S. The van der Waals surface area contributed by atoms with Crippen LogP contribution < -0.4 is 0 Å². The van der Waals surface area contributed by atoms with E-state index >= 15 is 0 Å². The van der Waals surface area contributed by atoms with Crippen molar-refractivity contribution in [2.75, 3.05) is 32.7 Å². The molecule has 2 aliphatic rings. The fraction of sp³-hybridized carbons (Fsp3) is 0.556. The van der Waals surface area contributed by atoms with Crippen LogP contribution in [0.3, 0.4) is 0 Å². The van der Waals surface area contributed by atoms with Gasteiger partial charge >= 0.3 is 12.1 Å². The van der Waals surface area contributed by atoms with Crippen LogP contribution >= 0.6 is 12.6 Å². The highest BCUT2D eigenvalue weighted by Gasteiger charge is 2.38. The van der Waals surface area contributed by atoms with E-state index in [1.54, 1.807) is 26.8 Å². The molecule has 152 valence electrons. The highest BCUT2D eigenvalue weighted by Crippen LogP contribution is 2.25. The number of carbonyl (C=O) groups is 2. The van der Waals surface area contributed by atoms with Gasteiger partial charge in [0.25, 0.3) is 5.69 Å². The van der Waals surface area contributed by atoms with E-state index in [9.17, 15) is 19.7 Å². The van der Waals surface area contributed by atoms with E-state index in [1.807, 2.05) is 6.92 Å². The van der Waals surface area contributed by atoms with Gasteiger partial charge in [-0.1, -0.05) is 0 Å². The molecule has 2 saturated heterocycles. The highest BCUT2D eigenvalue weighted by molar-refractivity contribution is 7.81. The van der Waals surface area contributed by atoms with Gasteiger partial charge in [0.2, 0.25) is 0 Å². The summed E-state index contributed by atoms with van der Waals surface area (Å²) in [5.74, 6) is 0. The van der Waals surface area contributed by atoms with Crippen molar-refractivity contribution in [1.29, 1.82) is 0 Å². The van der Waals surface area contributed by atoms with Gasteiger partial charge in [0, 0.05) is 50.1 Å². The molecule has 2 heterocycles. The summed E-state index contributed by atoms with van der Waals surface area (Å²) in [6.07, 6.45) is 0.241. The van der Waals surface area contributed by atoms with Crippen LogP contribution in [0.1, 0.15) is 18.9 Å². The van der Waals surface area contributed by atoms with Crippen molar-refractivity contribution in [3.8, 4) is 0 Å². The van der Waals surface area contributed by atoms with E-state index in [-0.39, 0.29) is 29.6 Å². The van der Waals surface area contributed by atoms with E-state index in [0.29, 0.717) is 44.7 Å². The second kappa shape index (κ2) is 8.68. The molecule has 1 aromatic rings. The fourth-order valence-electron chi connectivity index (χ4n) is 3.58. The summed E-state index contributed by atoms with van der Waals surface area (Å²) in [7, 11) is 0. The Labute approximate surface area is 168 Å². The molecular weight excluding hydrogens is 384 g/mol. The molecule has 0 radical (unpaired) electrons. The van der Waals surface area contributed by atoms with Gasteiger partial charge in [-0.3, -0.25) is 10.1 Å². The monoisotopic (exact) mass is 408 g/mol. The number of nitro benzene ring substituents is 1. The van der Waals surface area contributed by atoms with Crippen LogP contribution in [-0.2, 0) is 11.3 Å². The van der Waals surface area contributed by atoms with Gasteiger partial charge in [0.15, 0.2) is 0 Å². The quantitative estimate of drug-likeness (QED) is 0.443. The number of hydrogen-bond acceptors (Lipinski definition) is 6. The fourth-order valence-corrected chi connectivity index (χ4v) is 4.00. The Kier molecular flexibility index (Phi) is 6.28. The Bertz CT molecular complexity index is 744. The molecule has 0 aliphatic carbocycles. The maximum Gasteiger partial charge on any atom is 0.410 e. The molecule has 0 aromatic heterocycles. The molecule has 0 N–H and O–H groups in total. The molecule has 3 rings (SSSR count). The van der Waals surface area contributed by atoms with Crippen molar-refractivity contribution in [2.24, 2.45) is 0 Å². The van der Waals surface area contributed by atoms with E-state index in [0.717, 1.165) is 0 Å². The predicted molar refractivity (Wildman–Crippen MR) is 105 cm³/mol. The van der Waals surface area contributed by atoms with Gasteiger partial charge in [-0.2, -0.15) is 12.6 Å². The van der Waals surface area contributed by atoms with Crippen LogP contribution in [0.15, 0.2) is 24.3 Å². The first-order chi connectivity index (χ1) is 13.4. The molecule has 10 heteroatoms. The molecule has 1 aromatic carbocycles. The number of likely N-dealkylation sites (N-methyl/N-ethyl adjacent to an activating group) is 1. The lowest BCUT2D eigenvalue weighted by Gasteiger charge is -2.27. The summed E-state index contributed by atoms with van der Waals surface area (Å²) in [5.41, 5.74) is 0.662. The number of carbonyl (C=O) groups excluding carboxylic acids is 2. The molecule has 2 atom stereocenters. The number of thiol groups is 1. The number of benzene rings is 1. The molecule has 9 nitrogen and oxygen atoms in total. The van der Waals surface area contributed by atoms with E-state index in [1.165, 1.54) is 12.1 Å². The third-order valence-electron chi connectivity index (χ3n) is 5.13. The maximum atomic E-state index is 12.6. The van der Waals surface area contributed by atoms with Crippen LogP contribution in [0.2, 0.25) is 0 Å². The molecule has 0 bridgehead atoms. The zero-order chi connectivity index (χ0) is 20.3. The second-order valence-corrected chi connectivity index (χ2v) is 7.71. The number of likely N-dealkylation sites (tertiary alicyclic amines) is 1.